The number of nitrogens with one attached hydrogen (secondary N) is 1. The van der Waals surface area contributed by atoms with E-state index in [2.05, 4.69) is 5.32 Å². The molecule has 10 nitrogen and oxygen atoms in total. The number of amides is 4. The molecule has 1 aliphatic rings. The molecule has 0 bridgehead atoms. The Bertz CT molecular complexity index is 1410. The lowest BCUT2D eigenvalue weighted by molar-refractivity contribution is -0.384. The number of aryl methyl sites for hydroxylation is 1. The molecule has 4 rings (SSSR count). The average molecular weight is 516 g/mol. The van der Waals surface area contributed by atoms with E-state index >= 15 is 0 Å². The van der Waals surface area contributed by atoms with Gasteiger partial charge < -0.3 is 9.47 Å². The highest BCUT2D eigenvalue weighted by Gasteiger charge is 2.36. The first-order valence-electron chi connectivity index (χ1n) is 11.9. The molecule has 3 aromatic rings. The second-order valence-corrected chi connectivity index (χ2v) is 8.33. The SMILES string of the molecule is CCOc1cc(/C=C2/C(=O)NC(=O)N(c3ccc(CC)cc3)C2=O)ccc1OCc1ccc([N+](=O)[O-])cc1. The summed E-state index contributed by atoms with van der Waals surface area (Å²) >= 11 is 0. The van der Waals surface area contributed by atoms with Crippen LogP contribution in [0, 0.1) is 10.1 Å². The molecule has 0 atom stereocenters. The number of imide groups is 2. The van der Waals surface area contributed by atoms with Crippen LogP contribution in [0.5, 0.6) is 11.5 Å². The molecule has 0 radical (unpaired) electrons. The van der Waals surface area contributed by atoms with Crippen LogP contribution in [0.15, 0.2) is 72.3 Å². The van der Waals surface area contributed by atoms with Crippen LogP contribution in [-0.4, -0.2) is 29.4 Å². The summed E-state index contributed by atoms with van der Waals surface area (Å²) in [6.07, 6.45) is 2.19. The molecule has 1 heterocycles. The first-order chi connectivity index (χ1) is 18.3. The van der Waals surface area contributed by atoms with E-state index in [1.165, 1.54) is 18.2 Å². The molecule has 0 spiro atoms. The number of barbiturate groups is 1. The van der Waals surface area contributed by atoms with Gasteiger partial charge >= 0.3 is 6.03 Å². The fourth-order valence-electron chi connectivity index (χ4n) is 3.82. The monoisotopic (exact) mass is 515 g/mol. The van der Waals surface area contributed by atoms with Gasteiger partial charge in [-0.25, -0.2) is 9.69 Å². The summed E-state index contributed by atoms with van der Waals surface area (Å²) in [5.41, 5.74) is 2.40. The van der Waals surface area contributed by atoms with Crippen LogP contribution in [-0.2, 0) is 22.6 Å². The van der Waals surface area contributed by atoms with E-state index in [4.69, 9.17) is 9.47 Å². The number of urea groups is 1. The predicted octanol–water partition coefficient (Wildman–Crippen LogP) is 4.80. The number of rotatable bonds is 9. The average Bonchev–Trinajstić information content (AvgIpc) is 2.91. The Labute approximate surface area is 218 Å². The third kappa shape index (κ3) is 5.70. The molecule has 4 amide bonds. The number of benzene rings is 3. The summed E-state index contributed by atoms with van der Waals surface area (Å²) in [6, 6.07) is 17.1. The van der Waals surface area contributed by atoms with E-state index in [0.29, 0.717) is 29.4 Å². The summed E-state index contributed by atoms with van der Waals surface area (Å²) in [7, 11) is 0. The quantitative estimate of drug-likeness (QED) is 0.188. The zero-order chi connectivity index (χ0) is 27.2. The number of nitrogens with zero attached hydrogens (tertiary/aromatic N) is 2. The van der Waals surface area contributed by atoms with Crippen molar-refractivity contribution in [2.45, 2.75) is 26.9 Å². The normalized spacial score (nSPS) is 14.4. The molecule has 1 aliphatic heterocycles. The van der Waals surface area contributed by atoms with Crippen LogP contribution >= 0.6 is 0 Å². The molecule has 10 heteroatoms. The molecular weight excluding hydrogens is 490 g/mol. The van der Waals surface area contributed by atoms with Gasteiger partial charge in [-0.05, 0) is 72.5 Å². The Hall–Kier alpha value is -4.99. The highest BCUT2D eigenvalue weighted by atomic mass is 16.6. The van der Waals surface area contributed by atoms with Crippen molar-refractivity contribution >= 4 is 35.3 Å². The molecule has 1 saturated heterocycles. The molecule has 194 valence electrons. The van der Waals surface area contributed by atoms with Gasteiger partial charge in [0.25, 0.3) is 17.5 Å². The fraction of sp³-hybridized carbons (Fsp3) is 0.179. The summed E-state index contributed by atoms with van der Waals surface area (Å²) in [6.45, 7) is 4.28. The van der Waals surface area contributed by atoms with E-state index in [-0.39, 0.29) is 17.9 Å². The third-order valence-corrected chi connectivity index (χ3v) is 5.82. The maximum atomic E-state index is 13.2. The van der Waals surface area contributed by atoms with Gasteiger partial charge in [-0.15, -0.1) is 0 Å². The predicted molar refractivity (Wildman–Crippen MR) is 140 cm³/mol. The van der Waals surface area contributed by atoms with Crippen molar-refractivity contribution in [3.63, 3.8) is 0 Å². The maximum absolute atomic E-state index is 13.2. The Balaban J connectivity index is 1.57. The molecule has 1 fully saturated rings. The van der Waals surface area contributed by atoms with Gasteiger partial charge in [0, 0.05) is 12.1 Å². The first-order valence-corrected chi connectivity index (χ1v) is 11.9. The van der Waals surface area contributed by atoms with Crippen LogP contribution in [0.25, 0.3) is 6.08 Å². The molecule has 3 aromatic carbocycles. The molecule has 0 saturated carbocycles. The van der Waals surface area contributed by atoms with Crippen molar-refractivity contribution in [1.82, 2.24) is 5.32 Å². The van der Waals surface area contributed by atoms with Crippen molar-refractivity contribution in [3.8, 4) is 11.5 Å². The largest absolute Gasteiger partial charge is 0.490 e. The van der Waals surface area contributed by atoms with Crippen molar-refractivity contribution < 1.29 is 28.8 Å². The highest BCUT2D eigenvalue weighted by Crippen LogP contribution is 2.31. The molecule has 0 aliphatic carbocycles. The lowest BCUT2D eigenvalue weighted by Crippen LogP contribution is -2.54. The van der Waals surface area contributed by atoms with E-state index in [1.807, 2.05) is 19.1 Å². The number of carbonyl (C=O) groups excluding carboxylic acids is 3. The minimum absolute atomic E-state index is 0.0133. The van der Waals surface area contributed by atoms with Gasteiger partial charge in [-0.1, -0.05) is 25.1 Å². The van der Waals surface area contributed by atoms with Crippen LogP contribution in [0.4, 0.5) is 16.2 Å². The fourth-order valence-corrected chi connectivity index (χ4v) is 3.82. The summed E-state index contributed by atoms with van der Waals surface area (Å²) in [4.78, 5) is 49.5. The topological polar surface area (TPSA) is 128 Å². The number of carbonyl (C=O) groups is 3. The Morgan fingerprint density at radius 2 is 1.58 bits per heavy atom. The van der Waals surface area contributed by atoms with Crippen LogP contribution in [0.3, 0.4) is 0 Å². The van der Waals surface area contributed by atoms with Crippen LogP contribution in [0.1, 0.15) is 30.5 Å². The number of hydrogen-bond acceptors (Lipinski definition) is 7. The summed E-state index contributed by atoms with van der Waals surface area (Å²) in [5, 5.41) is 13.1. The van der Waals surface area contributed by atoms with E-state index in [1.54, 1.807) is 49.4 Å². The van der Waals surface area contributed by atoms with Crippen molar-refractivity contribution in [2.24, 2.45) is 0 Å². The standard InChI is InChI=1S/C28H25N3O7/c1-3-18-5-10-21(11-6-18)30-27(33)23(26(32)29-28(30)34)15-20-9-14-24(25(16-20)37-4-2)38-17-19-7-12-22(13-8-19)31(35)36/h5-16H,3-4,17H2,1-2H3,(H,29,32,34)/b23-15-. The molecule has 0 aromatic heterocycles. The second-order valence-electron chi connectivity index (χ2n) is 8.33. The van der Waals surface area contributed by atoms with Gasteiger partial charge in [-0.2, -0.15) is 0 Å². The van der Waals surface area contributed by atoms with Crippen molar-refractivity contribution in [1.29, 1.82) is 0 Å². The van der Waals surface area contributed by atoms with Gasteiger partial charge in [0.1, 0.15) is 12.2 Å². The summed E-state index contributed by atoms with van der Waals surface area (Å²) < 4.78 is 11.6. The minimum Gasteiger partial charge on any atom is -0.490 e. The van der Waals surface area contributed by atoms with E-state index in [9.17, 15) is 24.5 Å². The minimum atomic E-state index is -0.814. The van der Waals surface area contributed by atoms with Gasteiger partial charge in [0.2, 0.25) is 0 Å². The third-order valence-electron chi connectivity index (χ3n) is 5.82. The molecular formula is C28H25N3O7. The molecule has 38 heavy (non-hydrogen) atoms. The zero-order valence-electron chi connectivity index (χ0n) is 20.8. The number of non-ortho nitro benzene ring substituents is 1. The number of hydrogen-bond donors (Lipinski definition) is 1. The van der Waals surface area contributed by atoms with E-state index in [0.717, 1.165) is 22.4 Å². The molecule has 1 N–H and O–H groups in total. The van der Waals surface area contributed by atoms with E-state index < -0.39 is 22.8 Å². The first kappa shape index (κ1) is 26.1. The van der Waals surface area contributed by atoms with Crippen molar-refractivity contribution in [3.05, 3.63) is 99.1 Å². The van der Waals surface area contributed by atoms with Gasteiger partial charge in [0.15, 0.2) is 11.5 Å². The van der Waals surface area contributed by atoms with Crippen LogP contribution < -0.4 is 19.7 Å². The lowest BCUT2D eigenvalue weighted by Gasteiger charge is -2.26. The number of ether oxygens (including phenoxy) is 2. The summed E-state index contributed by atoms with van der Waals surface area (Å²) in [5.74, 6) is -0.729. The Morgan fingerprint density at radius 1 is 0.895 bits per heavy atom. The number of anilines is 1. The lowest BCUT2D eigenvalue weighted by atomic mass is 10.1. The van der Waals surface area contributed by atoms with Gasteiger partial charge in [-0.3, -0.25) is 25.0 Å². The smallest absolute Gasteiger partial charge is 0.335 e. The number of nitro benzene ring substituents is 1. The van der Waals surface area contributed by atoms with Crippen LogP contribution in [0.2, 0.25) is 0 Å². The Kier molecular flexibility index (Phi) is 7.81. The highest BCUT2D eigenvalue weighted by molar-refractivity contribution is 6.39. The Morgan fingerprint density at radius 3 is 2.21 bits per heavy atom. The van der Waals surface area contributed by atoms with Crippen molar-refractivity contribution in [2.75, 3.05) is 11.5 Å². The second kappa shape index (κ2) is 11.4. The zero-order valence-corrected chi connectivity index (χ0v) is 20.8. The maximum Gasteiger partial charge on any atom is 0.335 e. The molecule has 0 unspecified atom stereocenters. The van der Waals surface area contributed by atoms with Gasteiger partial charge in [0.05, 0.1) is 17.2 Å². The number of nitro groups is 1.